The van der Waals surface area contributed by atoms with E-state index in [1.807, 2.05) is 0 Å². The van der Waals surface area contributed by atoms with Crippen LogP contribution in [-0.2, 0) is 17.6 Å². The minimum absolute atomic E-state index is 0.122. The quantitative estimate of drug-likeness (QED) is 0.812. The third-order valence-corrected chi connectivity index (χ3v) is 3.21. The summed E-state index contributed by atoms with van der Waals surface area (Å²) in [5, 5.41) is 0. The highest BCUT2D eigenvalue weighted by Crippen LogP contribution is 2.17. The van der Waals surface area contributed by atoms with Crippen LogP contribution in [0.4, 0.5) is 13.2 Å². The molecule has 104 valence electrons. The predicted molar refractivity (Wildman–Crippen MR) is 72.9 cm³/mol. The van der Waals surface area contributed by atoms with Gasteiger partial charge in [-0.3, -0.25) is 4.79 Å². The number of benzene rings is 2. The summed E-state index contributed by atoms with van der Waals surface area (Å²) in [6.45, 7) is 0. The Kier molecular flexibility index (Phi) is 4.60. The van der Waals surface area contributed by atoms with Crippen molar-refractivity contribution in [3.63, 3.8) is 0 Å². The number of ketones is 1. The summed E-state index contributed by atoms with van der Waals surface area (Å²) in [6.07, 6.45) is -0.260. The molecule has 0 heterocycles. The van der Waals surface area contributed by atoms with Crippen LogP contribution in [0, 0.1) is 17.5 Å². The molecule has 0 spiro atoms. The second kappa shape index (κ2) is 6.22. The number of halogens is 4. The summed E-state index contributed by atoms with van der Waals surface area (Å²) in [6, 6.07) is 7.23. The zero-order valence-corrected chi connectivity index (χ0v) is 11.9. The number of rotatable bonds is 4. The van der Waals surface area contributed by atoms with Crippen LogP contribution in [0.3, 0.4) is 0 Å². The average Bonchev–Trinajstić information content (AvgIpc) is 2.32. The lowest BCUT2D eigenvalue weighted by Gasteiger charge is -2.05. The van der Waals surface area contributed by atoms with Gasteiger partial charge in [0.2, 0.25) is 0 Å². The average molecular weight is 343 g/mol. The van der Waals surface area contributed by atoms with Gasteiger partial charge in [0.25, 0.3) is 0 Å². The highest BCUT2D eigenvalue weighted by Gasteiger charge is 2.11. The molecule has 0 aromatic heterocycles. The summed E-state index contributed by atoms with van der Waals surface area (Å²) >= 11 is 3.19. The Morgan fingerprint density at radius 2 is 1.60 bits per heavy atom. The highest BCUT2D eigenvalue weighted by molar-refractivity contribution is 9.10. The summed E-state index contributed by atoms with van der Waals surface area (Å²) < 4.78 is 40.2. The van der Waals surface area contributed by atoms with E-state index >= 15 is 0 Å². The van der Waals surface area contributed by atoms with Crippen molar-refractivity contribution in [3.05, 3.63) is 69.4 Å². The number of Topliss-reactive ketones (excluding diaryl/α,β-unsaturated/α-hetero) is 1. The van der Waals surface area contributed by atoms with Gasteiger partial charge in [0, 0.05) is 23.4 Å². The maximum absolute atomic E-state index is 13.5. The lowest BCUT2D eigenvalue weighted by atomic mass is 10.0. The summed E-state index contributed by atoms with van der Waals surface area (Å²) in [7, 11) is 0. The molecular weight excluding hydrogens is 333 g/mol. The Hall–Kier alpha value is -1.62. The molecule has 0 unspecified atom stereocenters. The van der Waals surface area contributed by atoms with Crippen molar-refractivity contribution >= 4 is 21.7 Å². The van der Waals surface area contributed by atoms with Gasteiger partial charge in [0.05, 0.1) is 0 Å². The van der Waals surface area contributed by atoms with E-state index in [0.29, 0.717) is 4.47 Å². The molecule has 0 amide bonds. The first kappa shape index (κ1) is 14.8. The van der Waals surface area contributed by atoms with E-state index in [9.17, 15) is 18.0 Å². The van der Waals surface area contributed by atoms with E-state index in [0.717, 1.165) is 18.2 Å². The fraction of sp³-hybridized carbons (Fsp3) is 0.133. The molecule has 1 nitrogen and oxygen atoms in total. The first-order valence-electron chi connectivity index (χ1n) is 5.84. The smallest absolute Gasteiger partial charge is 0.141 e. The molecule has 2 aromatic rings. The number of hydrogen-bond donors (Lipinski definition) is 0. The van der Waals surface area contributed by atoms with E-state index in [1.54, 1.807) is 0 Å². The Balaban J connectivity index is 2.11. The molecule has 5 heteroatoms. The first-order chi connectivity index (χ1) is 9.44. The van der Waals surface area contributed by atoms with Crippen LogP contribution in [0.2, 0.25) is 0 Å². The minimum Gasteiger partial charge on any atom is -0.299 e. The number of hydrogen-bond acceptors (Lipinski definition) is 1. The van der Waals surface area contributed by atoms with Crippen molar-refractivity contribution in [1.29, 1.82) is 0 Å². The SMILES string of the molecule is O=C(Cc1cc(F)cc(F)c1)Cc1cc(Br)ccc1F. The van der Waals surface area contributed by atoms with Crippen molar-refractivity contribution in [2.24, 2.45) is 0 Å². The molecule has 0 N–H and O–H groups in total. The largest absolute Gasteiger partial charge is 0.299 e. The lowest BCUT2D eigenvalue weighted by molar-refractivity contribution is -0.117. The first-order valence-corrected chi connectivity index (χ1v) is 6.64. The maximum Gasteiger partial charge on any atom is 0.141 e. The van der Waals surface area contributed by atoms with E-state index in [2.05, 4.69) is 15.9 Å². The van der Waals surface area contributed by atoms with Gasteiger partial charge in [-0.25, -0.2) is 13.2 Å². The summed E-state index contributed by atoms with van der Waals surface area (Å²) in [5.74, 6) is -2.26. The normalized spacial score (nSPS) is 10.6. The molecule has 0 aliphatic carbocycles. The predicted octanol–water partition coefficient (Wildman–Crippen LogP) is 4.22. The van der Waals surface area contributed by atoms with Gasteiger partial charge < -0.3 is 0 Å². The van der Waals surface area contributed by atoms with Crippen molar-refractivity contribution in [2.75, 3.05) is 0 Å². The molecule has 2 aromatic carbocycles. The van der Waals surface area contributed by atoms with Crippen LogP contribution in [-0.4, -0.2) is 5.78 Å². The van der Waals surface area contributed by atoms with Crippen molar-refractivity contribution in [2.45, 2.75) is 12.8 Å². The van der Waals surface area contributed by atoms with Crippen LogP contribution >= 0.6 is 15.9 Å². The number of carbonyl (C=O) groups is 1. The Bertz CT molecular complexity index is 635. The fourth-order valence-corrected chi connectivity index (χ4v) is 2.30. The zero-order valence-electron chi connectivity index (χ0n) is 10.3. The molecule has 0 bridgehead atoms. The molecule has 0 fully saturated rings. The van der Waals surface area contributed by atoms with E-state index in [1.165, 1.54) is 18.2 Å². The highest BCUT2D eigenvalue weighted by atomic mass is 79.9. The molecule has 20 heavy (non-hydrogen) atoms. The Labute approximate surface area is 122 Å². The molecule has 0 saturated heterocycles. The van der Waals surface area contributed by atoms with Crippen molar-refractivity contribution < 1.29 is 18.0 Å². The van der Waals surface area contributed by atoms with Gasteiger partial charge in [-0.05, 0) is 41.5 Å². The second-order valence-electron chi connectivity index (χ2n) is 4.41. The fourth-order valence-electron chi connectivity index (χ4n) is 1.89. The summed E-state index contributed by atoms with van der Waals surface area (Å²) in [5.41, 5.74) is 0.490. The van der Waals surface area contributed by atoms with Crippen LogP contribution in [0.15, 0.2) is 40.9 Å². The molecule has 0 aliphatic rings. The Morgan fingerprint density at radius 1 is 0.950 bits per heavy atom. The third kappa shape index (κ3) is 3.93. The van der Waals surface area contributed by atoms with Crippen LogP contribution in [0.25, 0.3) is 0 Å². The van der Waals surface area contributed by atoms with Gasteiger partial charge >= 0.3 is 0 Å². The maximum atomic E-state index is 13.5. The minimum atomic E-state index is -0.735. The zero-order chi connectivity index (χ0) is 14.7. The second-order valence-corrected chi connectivity index (χ2v) is 5.32. The lowest BCUT2D eigenvalue weighted by Crippen LogP contribution is -2.08. The molecule has 0 aliphatic heterocycles. The van der Waals surface area contributed by atoms with E-state index < -0.39 is 17.5 Å². The molecular formula is C15H10BrF3O. The number of carbonyl (C=O) groups excluding carboxylic acids is 1. The van der Waals surface area contributed by atoms with E-state index in [-0.39, 0.29) is 29.8 Å². The molecule has 0 atom stereocenters. The summed E-state index contributed by atoms with van der Waals surface area (Å²) in [4.78, 5) is 11.8. The van der Waals surface area contributed by atoms with Crippen molar-refractivity contribution in [3.8, 4) is 0 Å². The van der Waals surface area contributed by atoms with Gasteiger partial charge in [0.15, 0.2) is 0 Å². The monoisotopic (exact) mass is 342 g/mol. The van der Waals surface area contributed by atoms with Gasteiger partial charge in [-0.15, -0.1) is 0 Å². The van der Waals surface area contributed by atoms with E-state index in [4.69, 9.17) is 0 Å². The van der Waals surface area contributed by atoms with Crippen LogP contribution in [0.1, 0.15) is 11.1 Å². The van der Waals surface area contributed by atoms with Crippen LogP contribution in [0.5, 0.6) is 0 Å². The van der Waals surface area contributed by atoms with Crippen LogP contribution < -0.4 is 0 Å². The van der Waals surface area contributed by atoms with Gasteiger partial charge in [0.1, 0.15) is 23.2 Å². The topological polar surface area (TPSA) is 17.1 Å². The molecule has 2 rings (SSSR count). The standard InChI is InChI=1S/C15H10BrF3O/c16-11-1-2-15(19)10(6-11)7-14(20)5-9-3-12(17)8-13(18)4-9/h1-4,6,8H,5,7H2. The van der Waals surface area contributed by atoms with Gasteiger partial charge in [-0.1, -0.05) is 15.9 Å². The molecule has 0 saturated carbocycles. The third-order valence-electron chi connectivity index (χ3n) is 2.72. The Morgan fingerprint density at radius 3 is 2.25 bits per heavy atom. The van der Waals surface area contributed by atoms with Crippen molar-refractivity contribution in [1.82, 2.24) is 0 Å². The van der Waals surface area contributed by atoms with Gasteiger partial charge in [-0.2, -0.15) is 0 Å². The molecule has 0 radical (unpaired) electrons.